The van der Waals surface area contributed by atoms with Gasteiger partial charge in [-0.2, -0.15) is 5.26 Å². The Labute approximate surface area is 93.6 Å². The number of rotatable bonds is 2. The Morgan fingerprint density at radius 2 is 2.00 bits per heavy atom. The third-order valence-electron chi connectivity index (χ3n) is 2.29. The van der Waals surface area contributed by atoms with Crippen molar-refractivity contribution in [2.24, 2.45) is 0 Å². The molecule has 1 N–H and O–H groups in total. The fourth-order valence-corrected chi connectivity index (χ4v) is 1.57. The molecule has 0 saturated carbocycles. The molecular formula is C13H10N2O. The first-order valence-corrected chi connectivity index (χ1v) is 4.91. The van der Waals surface area contributed by atoms with Crippen LogP contribution in [0.3, 0.4) is 0 Å². The van der Waals surface area contributed by atoms with E-state index in [1.54, 1.807) is 6.07 Å². The fourth-order valence-electron chi connectivity index (χ4n) is 1.57. The molecule has 2 rings (SSSR count). The van der Waals surface area contributed by atoms with Gasteiger partial charge in [-0.3, -0.25) is 4.98 Å². The molecular weight excluding hydrogens is 200 g/mol. The van der Waals surface area contributed by atoms with Gasteiger partial charge >= 0.3 is 0 Å². The molecule has 0 saturated heterocycles. The molecule has 1 aromatic carbocycles. The maximum Gasteiger partial charge on any atom is 0.134 e. The largest absolute Gasteiger partial charge is 0.506 e. The summed E-state index contributed by atoms with van der Waals surface area (Å²) in [6, 6.07) is 13.3. The van der Waals surface area contributed by atoms with Crippen molar-refractivity contribution in [3.05, 3.63) is 48.3 Å². The molecule has 16 heavy (non-hydrogen) atoms. The third-order valence-corrected chi connectivity index (χ3v) is 2.29. The Bertz CT molecular complexity index is 529. The van der Waals surface area contributed by atoms with Crippen molar-refractivity contribution >= 4 is 0 Å². The van der Waals surface area contributed by atoms with Gasteiger partial charge in [0, 0.05) is 5.56 Å². The van der Waals surface area contributed by atoms with Gasteiger partial charge < -0.3 is 5.11 Å². The van der Waals surface area contributed by atoms with E-state index in [-0.39, 0.29) is 12.2 Å². The molecule has 1 heterocycles. The van der Waals surface area contributed by atoms with Crippen LogP contribution in [0, 0.1) is 11.3 Å². The first-order chi connectivity index (χ1) is 7.81. The topological polar surface area (TPSA) is 56.9 Å². The van der Waals surface area contributed by atoms with E-state index in [0.717, 1.165) is 11.1 Å². The van der Waals surface area contributed by atoms with Crippen LogP contribution in [0.5, 0.6) is 5.75 Å². The molecule has 2 aromatic rings. The second-order valence-electron chi connectivity index (χ2n) is 3.39. The fraction of sp³-hybridized carbons (Fsp3) is 0.0769. The van der Waals surface area contributed by atoms with E-state index in [0.29, 0.717) is 5.69 Å². The summed E-state index contributed by atoms with van der Waals surface area (Å²) < 4.78 is 0. The monoisotopic (exact) mass is 210 g/mol. The first-order valence-electron chi connectivity index (χ1n) is 4.91. The zero-order valence-electron chi connectivity index (χ0n) is 8.59. The molecule has 0 aliphatic heterocycles. The van der Waals surface area contributed by atoms with Crippen LogP contribution in [0.15, 0.2) is 42.6 Å². The van der Waals surface area contributed by atoms with Gasteiger partial charge in [0.25, 0.3) is 0 Å². The molecule has 1 aromatic heterocycles. The number of pyridine rings is 1. The highest BCUT2D eigenvalue weighted by Gasteiger charge is 2.07. The molecule has 0 spiro atoms. The molecule has 0 radical (unpaired) electrons. The van der Waals surface area contributed by atoms with E-state index < -0.39 is 0 Å². The molecule has 0 bridgehead atoms. The summed E-state index contributed by atoms with van der Waals surface area (Å²) in [7, 11) is 0. The smallest absolute Gasteiger partial charge is 0.134 e. The Balaban J connectivity index is 2.55. The minimum absolute atomic E-state index is 0.112. The van der Waals surface area contributed by atoms with Crippen LogP contribution in [0.2, 0.25) is 0 Å². The minimum Gasteiger partial charge on any atom is -0.506 e. The average Bonchev–Trinajstić information content (AvgIpc) is 2.33. The van der Waals surface area contributed by atoms with Gasteiger partial charge in [-0.05, 0) is 11.6 Å². The van der Waals surface area contributed by atoms with Crippen molar-refractivity contribution in [1.29, 1.82) is 5.26 Å². The van der Waals surface area contributed by atoms with Gasteiger partial charge in [-0.1, -0.05) is 30.3 Å². The molecule has 78 valence electrons. The summed E-state index contributed by atoms with van der Waals surface area (Å²) in [5.41, 5.74) is 2.45. The Morgan fingerprint density at radius 1 is 1.25 bits per heavy atom. The highest BCUT2D eigenvalue weighted by atomic mass is 16.3. The van der Waals surface area contributed by atoms with Crippen molar-refractivity contribution in [2.75, 3.05) is 0 Å². The Morgan fingerprint density at radius 3 is 2.69 bits per heavy atom. The molecule has 3 heteroatoms. The second-order valence-corrected chi connectivity index (χ2v) is 3.39. The number of hydrogen-bond acceptors (Lipinski definition) is 3. The first kappa shape index (κ1) is 10.2. The van der Waals surface area contributed by atoms with Crippen LogP contribution in [0.4, 0.5) is 0 Å². The minimum atomic E-state index is 0.112. The normalized spacial score (nSPS) is 9.69. The predicted octanol–water partition coefficient (Wildman–Crippen LogP) is 2.52. The van der Waals surface area contributed by atoms with Crippen LogP contribution in [0.1, 0.15) is 5.69 Å². The van der Waals surface area contributed by atoms with E-state index in [1.807, 2.05) is 30.3 Å². The van der Waals surface area contributed by atoms with Crippen LogP contribution in [-0.2, 0) is 6.42 Å². The number of aromatic nitrogens is 1. The van der Waals surface area contributed by atoms with Crippen molar-refractivity contribution in [2.45, 2.75) is 6.42 Å². The lowest BCUT2D eigenvalue weighted by molar-refractivity contribution is 0.472. The number of benzene rings is 1. The Kier molecular flexibility index (Phi) is 2.84. The van der Waals surface area contributed by atoms with Crippen LogP contribution in [-0.4, -0.2) is 10.1 Å². The van der Waals surface area contributed by atoms with Crippen LogP contribution >= 0.6 is 0 Å². The maximum absolute atomic E-state index is 9.42. The van der Waals surface area contributed by atoms with Gasteiger partial charge in [0.2, 0.25) is 0 Å². The summed E-state index contributed by atoms with van der Waals surface area (Å²) in [5, 5.41) is 18.1. The summed E-state index contributed by atoms with van der Waals surface area (Å²) in [6.45, 7) is 0. The molecule has 3 nitrogen and oxygen atoms in total. The summed E-state index contributed by atoms with van der Waals surface area (Å²) in [6.07, 6.45) is 1.60. The predicted molar refractivity (Wildman–Crippen MR) is 60.7 cm³/mol. The van der Waals surface area contributed by atoms with Gasteiger partial charge in [0.05, 0.1) is 24.4 Å². The quantitative estimate of drug-likeness (QED) is 0.828. The number of nitriles is 1. The summed E-state index contributed by atoms with van der Waals surface area (Å²) in [5.74, 6) is 0.112. The standard InChI is InChI=1S/C13H10N2O/c14-7-6-13-12(8-11(16)9-15-13)10-4-2-1-3-5-10/h1-5,8-9,16H,6H2. The molecule has 0 atom stereocenters. The lowest BCUT2D eigenvalue weighted by atomic mass is 10.0. The zero-order valence-corrected chi connectivity index (χ0v) is 8.59. The van der Waals surface area contributed by atoms with Gasteiger partial charge in [-0.25, -0.2) is 0 Å². The van der Waals surface area contributed by atoms with E-state index in [9.17, 15) is 5.11 Å². The van der Waals surface area contributed by atoms with Crippen molar-refractivity contribution in [3.8, 4) is 22.9 Å². The average molecular weight is 210 g/mol. The molecule has 0 unspecified atom stereocenters. The van der Waals surface area contributed by atoms with E-state index in [2.05, 4.69) is 11.1 Å². The van der Waals surface area contributed by atoms with Gasteiger partial charge in [0.1, 0.15) is 5.75 Å². The maximum atomic E-state index is 9.42. The molecule has 0 aliphatic rings. The lowest BCUT2D eigenvalue weighted by Crippen LogP contribution is -1.92. The highest BCUT2D eigenvalue weighted by molar-refractivity contribution is 5.67. The van der Waals surface area contributed by atoms with Crippen molar-refractivity contribution < 1.29 is 5.11 Å². The number of nitrogens with zero attached hydrogens (tertiary/aromatic N) is 2. The van der Waals surface area contributed by atoms with Crippen LogP contribution < -0.4 is 0 Å². The molecule has 0 aliphatic carbocycles. The molecule has 0 amide bonds. The van der Waals surface area contributed by atoms with E-state index >= 15 is 0 Å². The SMILES string of the molecule is N#CCc1ncc(O)cc1-c1ccccc1. The zero-order chi connectivity index (χ0) is 11.4. The number of hydrogen-bond donors (Lipinski definition) is 1. The lowest BCUT2D eigenvalue weighted by Gasteiger charge is -2.06. The van der Waals surface area contributed by atoms with Crippen molar-refractivity contribution in [3.63, 3.8) is 0 Å². The molecule has 0 fully saturated rings. The highest BCUT2D eigenvalue weighted by Crippen LogP contribution is 2.25. The van der Waals surface area contributed by atoms with E-state index in [4.69, 9.17) is 5.26 Å². The Hall–Kier alpha value is -2.34. The van der Waals surface area contributed by atoms with Crippen molar-refractivity contribution in [1.82, 2.24) is 4.98 Å². The number of aromatic hydroxyl groups is 1. The summed E-state index contributed by atoms with van der Waals surface area (Å²) in [4.78, 5) is 4.07. The van der Waals surface area contributed by atoms with Gasteiger partial charge in [-0.15, -0.1) is 0 Å². The van der Waals surface area contributed by atoms with E-state index in [1.165, 1.54) is 6.20 Å². The third kappa shape index (κ3) is 2.01. The van der Waals surface area contributed by atoms with Gasteiger partial charge in [0.15, 0.2) is 0 Å². The van der Waals surface area contributed by atoms with Crippen LogP contribution in [0.25, 0.3) is 11.1 Å². The second kappa shape index (κ2) is 4.45. The summed E-state index contributed by atoms with van der Waals surface area (Å²) >= 11 is 0.